The number of nitrogens with one attached hydrogen (secondary N) is 1. The van der Waals surface area contributed by atoms with Gasteiger partial charge in [0.25, 0.3) is 0 Å². The van der Waals surface area contributed by atoms with Crippen LogP contribution < -0.4 is 5.32 Å². The predicted octanol–water partition coefficient (Wildman–Crippen LogP) is 5.22. The Bertz CT molecular complexity index is 374. The van der Waals surface area contributed by atoms with E-state index in [1.165, 1.54) is 31.7 Å². The van der Waals surface area contributed by atoms with Gasteiger partial charge in [-0.3, -0.25) is 0 Å². The van der Waals surface area contributed by atoms with E-state index in [0.717, 1.165) is 6.42 Å². The van der Waals surface area contributed by atoms with Crippen LogP contribution in [0.15, 0.2) is 18.2 Å². The highest BCUT2D eigenvalue weighted by molar-refractivity contribution is 6.31. The maximum Gasteiger partial charge on any atom is 0.127 e. The molecule has 2 unspecified atom stereocenters. The van der Waals surface area contributed by atoms with E-state index < -0.39 is 0 Å². The smallest absolute Gasteiger partial charge is 0.127 e. The molecule has 0 saturated heterocycles. The summed E-state index contributed by atoms with van der Waals surface area (Å²) in [6.07, 6.45) is 6.69. The third-order valence-corrected chi connectivity index (χ3v) is 4.44. The Labute approximate surface area is 127 Å². The van der Waals surface area contributed by atoms with Gasteiger partial charge in [-0.05, 0) is 37.9 Å². The Hall–Kier alpha value is -0.600. The molecule has 20 heavy (non-hydrogen) atoms. The van der Waals surface area contributed by atoms with Crippen molar-refractivity contribution in [2.45, 2.75) is 58.4 Å². The number of halogens is 2. The van der Waals surface area contributed by atoms with Gasteiger partial charge in [0.2, 0.25) is 0 Å². The van der Waals surface area contributed by atoms with Gasteiger partial charge >= 0.3 is 0 Å². The van der Waals surface area contributed by atoms with Crippen molar-refractivity contribution in [3.05, 3.63) is 34.6 Å². The van der Waals surface area contributed by atoms with Gasteiger partial charge in [0.05, 0.1) is 0 Å². The molecule has 0 aliphatic rings. The van der Waals surface area contributed by atoms with Crippen LogP contribution in [-0.2, 0) is 6.42 Å². The first kappa shape index (κ1) is 17.5. The van der Waals surface area contributed by atoms with Crippen molar-refractivity contribution >= 4 is 11.6 Å². The SMILES string of the molecule is CCCCC(CC)CC(Cc1c(F)cccc1Cl)NC. The first-order chi connectivity index (χ1) is 9.62. The van der Waals surface area contributed by atoms with Gasteiger partial charge in [-0.2, -0.15) is 0 Å². The van der Waals surface area contributed by atoms with Crippen molar-refractivity contribution in [2.75, 3.05) is 7.05 Å². The van der Waals surface area contributed by atoms with Crippen LogP contribution in [0.1, 0.15) is 51.5 Å². The maximum absolute atomic E-state index is 13.9. The van der Waals surface area contributed by atoms with E-state index in [2.05, 4.69) is 19.2 Å². The lowest BCUT2D eigenvalue weighted by molar-refractivity contribution is 0.356. The van der Waals surface area contributed by atoms with E-state index in [-0.39, 0.29) is 11.9 Å². The van der Waals surface area contributed by atoms with Gasteiger partial charge in [0.15, 0.2) is 0 Å². The van der Waals surface area contributed by atoms with Gasteiger partial charge in [0, 0.05) is 16.6 Å². The largest absolute Gasteiger partial charge is 0.317 e. The average Bonchev–Trinajstić information content (AvgIpc) is 2.45. The Morgan fingerprint density at radius 1 is 1.30 bits per heavy atom. The summed E-state index contributed by atoms with van der Waals surface area (Å²) < 4.78 is 13.9. The van der Waals surface area contributed by atoms with Crippen LogP contribution in [0.4, 0.5) is 4.39 Å². The molecule has 0 aromatic heterocycles. The summed E-state index contributed by atoms with van der Waals surface area (Å²) in [5.41, 5.74) is 0.638. The molecular weight excluding hydrogens is 273 g/mol. The minimum Gasteiger partial charge on any atom is -0.317 e. The molecular formula is C17H27ClFN. The summed E-state index contributed by atoms with van der Waals surface area (Å²) in [6, 6.07) is 5.20. The number of hydrogen-bond acceptors (Lipinski definition) is 1. The molecule has 0 radical (unpaired) electrons. The fraction of sp³-hybridized carbons (Fsp3) is 0.647. The molecule has 114 valence electrons. The van der Waals surface area contributed by atoms with E-state index in [4.69, 9.17) is 11.6 Å². The highest BCUT2D eigenvalue weighted by Crippen LogP contribution is 2.24. The van der Waals surface area contributed by atoms with Crippen LogP contribution >= 0.6 is 11.6 Å². The summed E-state index contributed by atoms with van der Waals surface area (Å²) in [5, 5.41) is 3.86. The highest BCUT2D eigenvalue weighted by atomic mass is 35.5. The van der Waals surface area contributed by atoms with Crippen molar-refractivity contribution in [1.29, 1.82) is 0 Å². The number of likely N-dealkylation sites (N-methyl/N-ethyl adjacent to an activating group) is 1. The fourth-order valence-corrected chi connectivity index (χ4v) is 2.90. The summed E-state index contributed by atoms with van der Waals surface area (Å²) in [4.78, 5) is 0. The molecule has 0 aliphatic carbocycles. The predicted molar refractivity (Wildman–Crippen MR) is 85.9 cm³/mol. The van der Waals surface area contributed by atoms with Gasteiger partial charge in [-0.25, -0.2) is 4.39 Å². The quantitative estimate of drug-likeness (QED) is 0.659. The summed E-state index contributed by atoms with van der Waals surface area (Å²) in [7, 11) is 1.95. The van der Waals surface area contributed by atoms with Crippen LogP contribution in [0, 0.1) is 11.7 Å². The van der Waals surface area contributed by atoms with E-state index >= 15 is 0 Å². The molecule has 0 bridgehead atoms. The zero-order valence-corrected chi connectivity index (χ0v) is 13.6. The van der Waals surface area contributed by atoms with Crippen molar-refractivity contribution in [1.82, 2.24) is 5.32 Å². The molecule has 0 saturated carbocycles. The lowest BCUT2D eigenvalue weighted by atomic mass is 9.89. The van der Waals surface area contributed by atoms with E-state index in [9.17, 15) is 4.39 Å². The number of rotatable bonds is 9. The second kappa shape index (κ2) is 9.36. The normalized spacial score (nSPS) is 14.2. The Kier molecular flexibility index (Phi) is 8.16. The molecule has 1 rings (SSSR count). The average molecular weight is 300 g/mol. The Morgan fingerprint density at radius 2 is 2.05 bits per heavy atom. The van der Waals surface area contributed by atoms with Crippen LogP contribution in [-0.4, -0.2) is 13.1 Å². The molecule has 0 heterocycles. The van der Waals surface area contributed by atoms with E-state index in [1.54, 1.807) is 12.1 Å². The zero-order chi connectivity index (χ0) is 15.0. The van der Waals surface area contributed by atoms with Crippen molar-refractivity contribution in [3.63, 3.8) is 0 Å². The lowest BCUT2D eigenvalue weighted by Gasteiger charge is -2.23. The van der Waals surface area contributed by atoms with Crippen molar-refractivity contribution in [2.24, 2.45) is 5.92 Å². The van der Waals surface area contributed by atoms with Gasteiger partial charge in [-0.1, -0.05) is 57.2 Å². The summed E-state index contributed by atoms with van der Waals surface area (Å²) in [6.45, 7) is 4.46. The number of unbranched alkanes of at least 4 members (excludes halogenated alkanes) is 1. The lowest BCUT2D eigenvalue weighted by Crippen LogP contribution is -2.30. The third-order valence-electron chi connectivity index (χ3n) is 4.08. The molecule has 1 aromatic rings. The van der Waals surface area contributed by atoms with Gasteiger partial charge in [0.1, 0.15) is 5.82 Å². The molecule has 1 aromatic carbocycles. The molecule has 0 spiro atoms. The van der Waals surface area contributed by atoms with Crippen LogP contribution in [0.5, 0.6) is 0 Å². The molecule has 2 atom stereocenters. The molecule has 1 N–H and O–H groups in total. The second-order valence-electron chi connectivity index (χ2n) is 5.54. The van der Waals surface area contributed by atoms with Crippen LogP contribution in [0.25, 0.3) is 0 Å². The summed E-state index contributed by atoms with van der Waals surface area (Å²) in [5.74, 6) is 0.511. The summed E-state index contributed by atoms with van der Waals surface area (Å²) >= 11 is 6.12. The first-order valence-electron chi connectivity index (χ1n) is 7.72. The third kappa shape index (κ3) is 5.41. The first-order valence-corrected chi connectivity index (χ1v) is 8.10. The Morgan fingerprint density at radius 3 is 2.60 bits per heavy atom. The number of benzene rings is 1. The molecule has 3 heteroatoms. The van der Waals surface area contributed by atoms with Gasteiger partial charge in [-0.15, -0.1) is 0 Å². The van der Waals surface area contributed by atoms with E-state index in [0.29, 0.717) is 22.9 Å². The Balaban J connectivity index is 2.66. The van der Waals surface area contributed by atoms with Crippen molar-refractivity contribution in [3.8, 4) is 0 Å². The van der Waals surface area contributed by atoms with E-state index in [1.807, 2.05) is 7.05 Å². The van der Waals surface area contributed by atoms with Crippen LogP contribution in [0.2, 0.25) is 5.02 Å². The molecule has 0 amide bonds. The monoisotopic (exact) mass is 299 g/mol. The van der Waals surface area contributed by atoms with Gasteiger partial charge < -0.3 is 5.32 Å². The molecule has 0 fully saturated rings. The zero-order valence-electron chi connectivity index (χ0n) is 12.9. The molecule has 1 nitrogen and oxygen atoms in total. The second-order valence-corrected chi connectivity index (χ2v) is 5.95. The topological polar surface area (TPSA) is 12.0 Å². The maximum atomic E-state index is 13.9. The van der Waals surface area contributed by atoms with Crippen LogP contribution in [0.3, 0.4) is 0 Å². The standard InChI is InChI=1S/C17H27ClFN/c1-4-6-8-13(5-2)11-14(20-3)12-15-16(18)9-7-10-17(15)19/h7,9-10,13-14,20H,4-6,8,11-12H2,1-3H3. The highest BCUT2D eigenvalue weighted by Gasteiger charge is 2.17. The minimum absolute atomic E-state index is 0.195. The van der Waals surface area contributed by atoms with Crippen molar-refractivity contribution < 1.29 is 4.39 Å². The fourth-order valence-electron chi connectivity index (χ4n) is 2.66. The minimum atomic E-state index is -0.195. The number of hydrogen-bond donors (Lipinski definition) is 1. The molecule has 0 aliphatic heterocycles.